The molecule has 0 amide bonds. The van der Waals surface area contributed by atoms with E-state index in [0.29, 0.717) is 17.1 Å². The van der Waals surface area contributed by atoms with Gasteiger partial charge in [-0.25, -0.2) is 4.39 Å². The van der Waals surface area contributed by atoms with Gasteiger partial charge in [0.25, 0.3) is 0 Å². The molecule has 1 fully saturated rings. The summed E-state index contributed by atoms with van der Waals surface area (Å²) in [5, 5.41) is 3.73. The summed E-state index contributed by atoms with van der Waals surface area (Å²) in [5.74, 6) is 0.587. The summed E-state index contributed by atoms with van der Waals surface area (Å²) in [4.78, 5) is 0. The molecule has 1 N–H and O–H groups in total. The molecular weight excluding hydrogens is 213 g/mol. The fourth-order valence-electron chi connectivity index (χ4n) is 1.77. The maximum absolute atomic E-state index is 13.3. The van der Waals surface area contributed by atoms with Crippen LogP contribution < -0.4 is 5.32 Å². The first kappa shape index (κ1) is 10.9. The third-order valence-corrected chi connectivity index (χ3v) is 3.22. The van der Waals surface area contributed by atoms with E-state index in [1.54, 1.807) is 12.1 Å². The van der Waals surface area contributed by atoms with E-state index < -0.39 is 0 Å². The molecule has 0 radical (unpaired) electrons. The zero-order chi connectivity index (χ0) is 10.7. The van der Waals surface area contributed by atoms with Crippen LogP contribution in [0.3, 0.4) is 0 Å². The van der Waals surface area contributed by atoms with Gasteiger partial charge in [-0.3, -0.25) is 0 Å². The lowest BCUT2D eigenvalue weighted by Gasteiger charge is -2.25. The van der Waals surface area contributed by atoms with Gasteiger partial charge in [0.05, 0.1) is 0 Å². The van der Waals surface area contributed by atoms with Gasteiger partial charge in [0.15, 0.2) is 0 Å². The van der Waals surface area contributed by atoms with Crippen LogP contribution in [0, 0.1) is 11.7 Å². The van der Waals surface area contributed by atoms with E-state index in [1.807, 2.05) is 0 Å². The molecule has 1 aliphatic rings. The SMILES string of the molecule is Fc1cc(Cl)ccc1CNCC1CCC1. The van der Waals surface area contributed by atoms with Gasteiger partial charge in [0.1, 0.15) is 5.82 Å². The van der Waals surface area contributed by atoms with Crippen molar-refractivity contribution in [2.45, 2.75) is 25.8 Å². The first-order valence-corrected chi connectivity index (χ1v) is 5.78. The molecule has 0 unspecified atom stereocenters. The quantitative estimate of drug-likeness (QED) is 0.832. The Morgan fingerprint density at radius 2 is 2.20 bits per heavy atom. The molecule has 0 aliphatic heterocycles. The molecule has 82 valence electrons. The van der Waals surface area contributed by atoms with Crippen molar-refractivity contribution in [2.75, 3.05) is 6.54 Å². The fraction of sp³-hybridized carbons (Fsp3) is 0.500. The highest BCUT2D eigenvalue weighted by atomic mass is 35.5. The van der Waals surface area contributed by atoms with Crippen molar-refractivity contribution in [1.82, 2.24) is 5.32 Å². The number of halogens is 2. The van der Waals surface area contributed by atoms with Gasteiger partial charge in [-0.15, -0.1) is 0 Å². The summed E-state index contributed by atoms with van der Waals surface area (Å²) >= 11 is 5.67. The summed E-state index contributed by atoms with van der Waals surface area (Å²) in [7, 11) is 0. The van der Waals surface area contributed by atoms with E-state index in [0.717, 1.165) is 12.5 Å². The zero-order valence-electron chi connectivity index (χ0n) is 8.60. The predicted octanol–water partition coefficient (Wildman–Crippen LogP) is 3.37. The van der Waals surface area contributed by atoms with Crippen LogP contribution in [0.2, 0.25) is 5.02 Å². The average Bonchev–Trinajstić information content (AvgIpc) is 2.12. The van der Waals surface area contributed by atoms with Gasteiger partial charge in [0.2, 0.25) is 0 Å². The number of rotatable bonds is 4. The molecule has 1 aromatic rings. The predicted molar refractivity (Wildman–Crippen MR) is 60.5 cm³/mol. The number of hydrogen-bond acceptors (Lipinski definition) is 1. The second kappa shape index (κ2) is 4.95. The average molecular weight is 228 g/mol. The number of benzene rings is 1. The monoisotopic (exact) mass is 227 g/mol. The molecule has 0 spiro atoms. The van der Waals surface area contributed by atoms with Gasteiger partial charge in [-0.2, -0.15) is 0 Å². The van der Waals surface area contributed by atoms with E-state index in [-0.39, 0.29) is 5.82 Å². The van der Waals surface area contributed by atoms with Gasteiger partial charge < -0.3 is 5.32 Å². The molecule has 1 nitrogen and oxygen atoms in total. The van der Waals surface area contributed by atoms with Crippen LogP contribution in [-0.2, 0) is 6.54 Å². The summed E-state index contributed by atoms with van der Waals surface area (Å²) in [5.41, 5.74) is 0.693. The van der Waals surface area contributed by atoms with Crippen molar-refractivity contribution in [1.29, 1.82) is 0 Å². The highest BCUT2D eigenvalue weighted by Crippen LogP contribution is 2.25. The lowest BCUT2D eigenvalue weighted by molar-refractivity contribution is 0.301. The molecule has 15 heavy (non-hydrogen) atoms. The maximum Gasteiger partial charge on any atom is 0.129 e. The van der Waals surface area contributed by atoms with Crippen LogP contribution in [0.4, 0.5) is 4.39 Å². The van der Waals surface area contributed by atoms with Crippen LogP contribution >= 0.6 is 11.6 Å². The van der Waals surface area contributed by atoms with Crippen molar-refractivity contribution in [3.63, 3.8) is 0 Å². The van der Waals surface area contributed by atoms with Crippen LogP contribution in [0.15, 0.2) is 18.2 Å². The van der Waals surface area contributed by atoms with Crippen molar-refractivity contribution < 1.29 is 4.39 Å². The first-order chi connectivity index (χ1) is 7.25. The van der Waals surface area contributed by atoms with Gasteiger partial charge >= 0.3 is 0 Å². The Morgan fingerprint density at radius 3 is 2.80 bits per heavy atom. The summed E-state index contributed by atoms with van der Waals surface area (Å²) < 4.78 is 13.3. The van der Waals surface area contributed by atoms with Gasteiger partial charge in [-0.05, 0) is 37.4 Å². The Kier molecular flexibility index (Phi) is 3.60. The van der Waals surface area contributed by atoms with Gasteiger partial charge in [0, 0.05) is 17.1 Å². The largest absolute Gasteiger partial charge is 0.312 e. The Hall–Kier alpha value is -0.600. The summed E-state index contributed by atoms with van der Waals surface area (Å²) in [6.45, 7) is 1.60. The van der Waals surface area contributed by atoms with E-state index in [4.69, 9.17) is 11.6 Å². The van der Waals surface area contributed by atoms with Crippen molar-refractivity contribution in [3.8, 4) is 0 Å². The molecule has 0 saturated heterocycles. The standard InChI is InChI=1S/C12H15ClFN/c13-11-5-4-10(12(14)6-11)8-15-7-9-2-1-3-9/h4-6,9,15H,1-3,7-8H2. The molecular formula is C12H15ClFN. The molecule has 0 bridgehead atoms. The van der Waals surface area contributed by atoms with Crippen LogP contribution in [-0.4, -0.2) is 6.54 Å². The Bertz CT molecular complexity index is 336. The smallest absolute Gasteiger partial charge is 0.129 e. The van der Waals surface area contributed by atoms with E-state index in [2.05, 4.69) is 5.32 Å². The van der Waals surface area contributed by atoms with E-state index in [9.17, 15) is 4.39 Å². The third kappa shape index (κ3) is 2.93. The van der Waals surface area contributed by atoms with Crippen molar-refractivity contribution in [2.24, 2.45) is 5.92 Å². The van der Waals surface area contributed by atoms with Crippen molar-refractivity contribution >= 4 is 11.6 Å². The highest BCUT2D eigenvalue weighted by Gasteiger charge is 2.16. The maximum atomic E-state index is 13.3. The summed E-state index contributed by atoms with van der Waals surface area (Å²) in [6.07, 6.45) is 3.98. The fourth-order valence-corrected chi connectivity index (χ4v) is 1.93. The topological polar surface area (TPSA) is 12.0 Å². The minimum atomic E-state index is -0.219. The van der Waals surface area contributed by atoms with Crippen molar-refractivity contribution in [3.05, 3.63) is 34.6 Å². The van der Waals surface area contributed by atoms with Crippen LogP contribution in [0.1, 0.15) is 24.8 Å². The summed E-state index contributed by atoms with van der Waals surface area (Å²) in [6, 6.07) is 4.83. The van der Waals surface area contributed by atoms with Crippen LogP contribution in [0.25, 0.3) is 0 Å². The molecule has 2 rings (SSSR count). The second-order valence-electron chi connectivity index (χ2n) is 4.16. The molecule has 1 saturated carbocycles. The molecule has 0 atom stereocenters. The number of nitrogens with one attached hydrogen (secondary N) is 1. The third-order valence-electron chi connectivity index (χ3n) is 2.99. The molecule has 3 heteroatoms. The molecule has 1 aromatic carbocycles. The minimum absolute atomic E-state index is 0.219. The Labute approximate surface area is 94.6 Å². The van der Waals surface area contributed by atoms with Crippen LogP contribution in [0.5, 0.6) is 0 Å². The minimum Gasteiger partial charge on any atom is -0.312 e. The van der Waals surface area contributed by atoms with E-state index in [1.165, 1.54) is 25.3 Å². The first-order valence-electron chi connectivity index (χ1n) is 5.40. The lowest BCUT2D eigenvalue weighted by atomic mass is 9.85. The Morgan fingerprint density at radius 1 is 1.40 bits per heavy atom. The lowest BCUT2D eigenvalue weighted by Crippen LogP contribution is -2.27. The highest BCUT2D eigenvalue weighted by molar-refractivity contribution is 6.30. The van der Waals surface area contributed by atoms with Gasteiger partial charge in [-0.1, -0.05) is 24.1 Å². The van der Waals surface area contributed by atoms with E-state index >= 15 is 0 Å². The molecule has 0 aromatic heterocycles. The molecule has 0 heterocycles. The normalized spacial score (nSPS) is 16.4. The zero-order valence-corrected chi connectivity index (χ0v) is 9.36. The second-order valence-corrected chi connectivity index (χ2v) is 4.60. The number of hydrogen-bond donors (Lipinski definition) is 1. The molecule has 1 aliphatic carbocycles. The Balaban J connectivity index is 1.81.